The summed E-state index contributed by atoms with van der Waals surface area (Å²) in [6.07, 6.45) is 0.128. The third-order valence-electron chi connectivity index (χ3n) is 0.422. The maximum absolute atomic E-state index is 10.2. The second-order valence-electron chi connectivity index (χ2n) is 0.933. The van der Waals surface area contributed by atoms with Crippen molar-refractivity contribution in [2.75, 3.05) is 12.9 Å². The van der Waals surface area contributed by atoms with E-state index in [1.807, 2.05) is 0 Å². The van der Waals surface area contributed by atoms with Gasteiger partial charge in [0.1, 0.15) is 0 Å². The van der Waals surface area contributed by atoms with Gasteiger partial charge >= 0.3 is 8.03 Å². The van der Waals surface area contributed by atoms with Crippen molar-refractivity contribution in [2.24, 2.45) is 5.73 Å². The second-order valence-corrected chi connectivity index (χ2v) is 2.22. The zero-order chi connectivity index (χ0) is 5.70. The molecule has 0 aliphatic carbocycles. The van der Waals surface area contributed by atoms with Gasteiger partial charge in [-0.05, 0) is 11.5 Å². The maximum Gasteiger partial charge on any atom is 0.523 e. The minimum absolute atomic E-state index is 0.128. The largest absolute Gasteiger partial charge is 0.523 e. The topological polar surface area (TPSA) is 52.3 Å². The summed E-state index contributed by atoms with van der Waals surface area (Å²) in [5, 5.41) is 0. The molecule has 0 heterocycles. The summed E-state index contributed by atoms with van der Waals surface area (Å²) in [5.41, 5.74) is 4.95. The molecule has 0 aromatic carbocycles. The molecule has 42 valence electrons. The van der Waals surface area contributed by atoms with Crippen LogP contribution in [-0.2, 0) is 9.09 Å². The fourth-order valence-electron chi connectivity index (χ4n) is 0.197. The Morgan fingerprint density at radius 3 is 2.57 bits per heavy atom. The van der Waals surface area contributed by atoms with Crippen molar-refractivity contribution in [2.45, 2.75) is 6.92 Å². The number of rotatable bonds is 3. The first kappa shape index (κ1) is 7.02. The Morgan fingerprint density at radius 1 is 1.86 bits per heavy atom. The zero-order valence-corrected chi connectivity index (χ0v) is 5.15. The molecule has 0 radical (unpaired) electrons. The molecule has 7 heavy (non-hydrogen) atoms. The Morgan fingerprint density at radius 2 is 2.43 bits per heavy atom. The molecule has 2 N–H and O–H groups in total. The molecule has 0 spiro atoms. The molecule has 0 saturated heterocycles. The Balaban J connectivity index is 3.00. The van der Waals surface area contributed by atoms with E-state index < -0.39 is 8.03 Å². The van der Waals surface area contributed by atoms with Crippen LogP contribution in [0.1, 0.15) is 6.92 Å². The van der Waals surface area contributed by atoms with Gasteiger partial charge in [-0.25, -0.2) is 0 Å². The van der Waals surface area contributed by atoms with Crippen LogP contribution in [0.5, 0.6) is 0 Å². The minimum Gasteiger partial charge on any atom is -0.288 e. The van der Waals surface area contributed by atoms with Gasteiger partial charge in [0.15, 0.2) is 0 Å². The van der Waals surface area contributed by atoms with E-state index in [0.717, 1.165) is 0 Å². The first-order valence-corrected chi connectivity index (χ1v) is 3.45. The summed E-state index contributed by atoms with van der Waals surface area (Å²) in [4.78, 5) is 0. The van der Waals surface area contributed by atoms with Crippen LogP contribution < -0.4 is 5.73 Å². The molecule has 0 saturated carbocycles. The Labute approximate surface area is 43.7 Å². The summed E-state index contributed by atoms with van der Waals surface area (Å²) in [6.45, 7) is 2.26. The van der Waals surface area contributed by atoms with Crippen LogP contribution in [0.25, 0.3) is 0 Å². The van der Waals surface area contributed by atoms with Gasteiger partial charge in [-0.1, -0.05) is 0 Å². The maximum atomic E-state index is 10.2. The number of hydrogen-bond acceptors (Lipinski definition) is 3. The van der Waals surface area contributed by atoms with Crippen molar-refractivity contribution >= 4 is 8.03 Å². The Bertz CT molecular complexity index is 66.0. The van der Waals surface area contributed by atoms with E-state index in [1.54, 1.807) is 6.92 Å². The van der Waals surface area contributed by atoms with Crippen molar-refractivity contribution < 1.29 is 9.09 Å². The van der Waals surface area contributed by atoms with Crippen LogP contribution >= 0.6 is 8.03 Å². The lowest BCUT2D eigenvalue weighted by Crippen LogP contribution is -1.93. The van der Waals surface area contributed by atoms with Crippen molar-refractivity contribution in [1.29, 1.82) is 0 Å². The van der Waals surface area contributed by atoms with Gasteiger partial charge in [0.05, 0.1) is 6.61 Å². The van der Waals surface area contributed by atoms with Gasteiger partial charge in [-0.15, -0.1) is 4.52 Å². The lowest BCUT2D eigenvalue weighted by Gasteiger charge is -1.75. The van der Waals surface area contributed by atoms with Gasteiger partial charge in [0.25, 0.3) is 0 Å². The van der Waals surface area contributed by atoms with Crippen molar-refractivity contribution in [3.8, 4) is 0 Å². The van der Waals surface area contributed by atoms with E-state index in [-0.39, 0.29) is 6.29 Å². The summed E-state index contributed by atoms with van der Waals surface area (Å²) in [7, 11) is -1.55. The van der Waals surface area contributed by atoms with E-state index in [0.29, 0.717) is 6.61 Å². The number of hydrogen-bond donors (Lipinski definition) is 1. The molecule has 0 fully saturated rings. The van der Waals surface area contributed by atoms with Crippen molar-refractivity contribution in [1.82, 2.24) is 0 Å². The highest BCUT2D eigenvalue weighted by Gasteiger charge is 2.09. The standard InChI is InChI=1S/C3H9NO2P/c1-2-6-7(5)3-4/h2-4H2,1H3/q+1. The predicted octanol–water partition coefficient (Wildman–Crippen LogP) is 0.682. The van der Waals surface area contributed by atoms with Gasteiger partial charge in [-0.2, -0.15) is 0 Å². The third kappa shape index (κ3) is 3.86. The SMILES string of the molecule is CCO[P+](=O)CN. The van der Waals surface area contributed by atoms with Crippen molar-refractivity contribution in [3.05, 3.63) is 0 Å². The first-order chi connectivity index (χ1) is 3.31. The van der Waals surface area contributed by atoms with Crippen LogP contribution in [0.4, 0.5) is 0 Å². The molecule has 0 aromatic rings. The van der Waals surface area contributed by atoms with Crippen LogP contribution in [0.2, 0.25) is 0 Å². The van der Waals surface area contributed by atoms with E-state index in [2.05, 4.69) is 4.52 Å². The molecule has 0 rings (SSSR count). The molecule has 0 aromatic heterocycles. The molecule has 3 nitrogen and oxygen atoms in total. The number of nitrogens with two attached hydrogens (primary N) is 1. The van der Waals surface area contributed by atoms with Crippen molar-refractivity contribution in [3.63, 3.8) is 0 Å². The molecule has 0 bridgehead atoms. The summed E-state index contributed by atoms with van der Waals surface area (Å²) >= 11 is 0. The Kier molecular flexibility index (Phi) is 4.20. The average molecular weight is 122 g/mol. The lowest BCUT2D eigenvalue weighted by molar-refractivity contribution is 0.351. The van der Waals surface area contributed by atoms with E-state index in [9.17, 15) is 4.57 Å². The molecule has 0 aliphatic rings. The minimum atomic E-state index is -1.55. The quantitative estimate of drug-likeness (QED) is 0.560. The third-order valence-corrected chi connectivity index (χ3v) is 1.27. The van der Waals surface area contributed by atoms with Crippen LogP contribution in [0.15, 0.2) is 0 Å². The summed E-state index contributed by atoms with van der Waals surface area (Å²) < 4.78 is 14.8. The van der Waals surface area contributed by atoms with Crippen LogP contribution in [-0.4, -0.2) is 12.9 Å². The van der Waals surface area contributed by atoms with E-state index in [1.165, 1.54) is 0 Å². The fraction of sp³-hybridized carbons (Fsp3) is 1.00. The van der Waals surface area contributed by atoms with E-state index in [4.69, 9.17) is 5.73 Å². The molecule has 0 aliphatic heterocycles. The normalized spacial score (nSPS) is 11.4. The molecule has 1 unspecified atom stereocenters. The van der Waals surface area contributed by atoms with Gasteiger partial charge < -0.3 is 0 Å². The Hall–Kier alpha value is 0.0200. The predicted molar refractivity (Wildman–Crippen MR) is 28.3 cm³/mol. The second kappa shape index (κ2) is 4.19. The highest BCUT2D eigenvalue weighted by atomic mass is 31.1. The van der Waals surface area contributed by atoms with E-state index >= 15 is 0 Å². The van der Waals surface area contributed by atoms with Crippen LogP contribution in [0.3, 0.4) is 0 Å². The fourth-order valence-corrected chi connectivity index (χ4v) is 0.590. The summed E-state index contributed by atoms with van der Waals surface area (Å²) in [5.74, 6) is 0. The molecular formula is C3H9NO2P+. The first-order valence-electron chi connectivity index (χ1n) is 2.09. The highest BCUT2D eigenvalue weighted by molar-refractivity contribution is 7.39. The van der Waals surface area contributed by atoms with Gasteiger partial charge in [0.2, 0.25) is 6.29 Å². The molecule has 1 atom stereocenters. The smallest absolute Gasteiger partial charge is 0.288 e. The van der Waals surface area contributed by atoms with Gasteiger partial charge in [0, 0.05) is 0 Å². The monoisotopic (exact) mass is 122 g/mol. The van der Waals surface area contributed by atoms with Gasteiger partial charge in [-0.3, -0.25) is 5.73 Å². The summed E-state index contributed by atoms with van der Waals surface area (Å²) in [6, 6.07) is 0. The van der Waals surface area contributed by atoms with Crippen LogP contribution in [0, 0.1) is 0 Å². The average Bonchev–Trinajstić information content (AvgIpc) is 1.68. The highest BCUT2D eigenvalue weighted by Crippen LogP contribution is 2.16. The molecular weight excluding hydrogens is 113 g/mol. The lowest BCUT2D eigenvalue weighted by atomic mass is 10.9. The molecule has 4 heteroatoms. The molecule has 0 amide bonds. The zero-order valence-electron chi connectivity index (χ0n) is 4.26.